The van der Waals surface area contributed by atoms with Crippen molar-refractivity contribution in [1.82, 2.24) is 0 Å². The summed E-state index contributed by atoms with van der Waals surface area (Å²) < 4.78 is 4.42. The molecule has 15 heavy (non-hydrogen) atoms. The summed E-state index contributed by atoms with van der Waals surface area (Å²) in [5.74, 6) is 0. The highest BCUT2D eigenvalue weighted by atomic mass is 32.2. The van der Waals surface area contributed by atoms with E-state index < -0.39 is 6.16 Å². The van der Waals surface area contributed by atoms with Crippen molar-refractivity contribution in [2.75, 3.05) is 0 Å². The highest BCUT2D eigenvalue weighted by molar-refractivity contribution is 7.95. The van der Waals surface area contributed by atoms with Gasteiger partial charge in [-0.2, -0.15) is 0 Å². The molecule has 0 amide bonds. The molecule has 0 atom stereocenters. The van der Waals surface area contributed by atoms with Crippen molar-refractivity contribution >= 4 is 18.2 Å². The first-order chi connectivity index (χ1) is 7.22. The number of aryl methyl sites for hydroxylation is 1. The average Bonchev–Trinajstić information content (AvgIpc) is 2.24. The zero-order valence-corrected chi connectivity index (χ0v) is 9.42. The van der Waals surface area contributed by atoms with Gasteiger partial charge in [0.15, 0.2) is 0 Å². The molecule has 0 aliphatic heterocycles. The van der Waals surface area contributed by atoms with Crippen molar-refractivity contribution in [3.63, 3.8) is 0 Å². The van der Waals surface area contributed by atoms with Crippen molar-refractivity contribution in [2.45, 2.75) is 31.1 Å². The lowest BCUT2D eigenvalue weighted by molar-refractivity contribution is 0.153. The van der Waals surface area contributed by atoms with Crippen LogP contribution in [0.25, 0.3) is 0 Å². The van der Waals surface area contributed by atoms with Gasteiger partial charge in [-0.15, -0.1) is 0 Å². The Morgan fingerprint density at radius 3 is 3.00 bits per heavy atom. The lowest BCUT2D eigenvalue weighted by atomic mass is 10.1. The minimum absolute atomic E-state index is 0.825. The van der Waals surface area contributed by atoms with Crippen LogP contribution in [0.4, 0.5) is 4.79 Å². The molecular weight excluding hydrogens is 212 g/mol. The van der Waals surface area contributed by atoms with Crippen LogP contribution in [0, 0.1) is 0 Å². The molecule has 0 aromatic heterocycles. The summed E-state index contributed by atoms with van der Waals surface area (Å²) in [6.45, 7) is 2.14. The van der Waals surface area contributed by atoms with Crippen LogP contribution in [0.1, 0.15) is 25.3 Å². The maximum atomic E-state index is 10.2. The Morgan fingerprint density at radius 2 is 2.33 bits per heavy atom. The number of unbranched alkanes of at least 4 members (excludes halogenated alkanes) is 1. The SMILES string of the molecule is CCCCc1cccc(SOC(=O)O)c1. The lowest BCUT2D eigenvalue weighted by Gasteiger charge is -2.02. The lowest BCUT2D eigenvalue weighted by Crippen LogP contribution is -1.91. The van der Waals surface area contributed by atoms with Crippen LogP contribution >= 0.6 is 12.0 Å². The highest BCUT2D eigenvalue weighted by Gasteiger charge is 2.01. The van der Waals surface area contributed by atoms with Crippen LogP contribution in [-0.4, -0.2) is 11.3 Å². The Labute approximate surface area is 93.7 Å². The molecule has 3 nitrogen and oxygen atoms in total. The minimum atomic E-state index is -1.26. The first kappa shape index (κ1) is 11.9. The molecule has 0 saturated heterocycles. The monoisotopic (exact) mass is 226 g/mol. The molecule has 1 rings (SSSR count). The first-order valence-electron chi connectivity index (χ1n) is 4.88. The zero-order valence-electron chi connectivity index (χ0n) is 8.60. The predicted molar refractivity (Wildman–Crippen MR) is 60.0 cm³/mol. The Bertz CT molecular complexity index is 325. The topological polar surface area (TPSA) is 46.5 Å². The molecule has 0 radical (unpaired) electrons. The molecule has 0 fully saturated rings. The number of benzene rings is 1. The van der Waals surface area contributed by atoms with Gasteiger partial charge in [0.1, 0.15) is 0 Å². The van der Waals surface area contributed by atoms with E-state index in [4.69, 9.17) is 5.11 Å². The van der Waals surface area contributed by atoms with Crippen molar-refractivity contribution in [3.8, 4) is 0 Å². The van der Waals surface area contributed by atoms with Gasteiger partial charge < -0.3 is 9.29 Å². The Kier molecular flexibility index (Phi) is 5.04. The van der Waals surface area contributed by atoms with Gasteiger partial charge in [0, 0.05) is 4.90 Å². The average molecular weight is 226 g/mol. The molecule has 1 N–H and O–H groups in total. The number of carboxylic acid groups (broad SMARTS) is 1. The normalized spacial score (nSPS) is 9.93. The van der Waals surface area contributed by atoms with Crippen molar-refractivity contribution in [2.24, 2.45) is 0 Å². The van der Waals surface area contributed by atoms with Crippen LogP contribution in [0.15, 0.2) is 29.2 Å². The fraction of sp³-hybridized carbons (Fsp3) is 0.364. The molecule has 0 aliphatic rings. The second-order valence-corrected chi connectivity index (χ2v) is 3.99. The van der Waals surface area contributed by atoms with Crippen LogP contribution < -0.4 is 0 Å². The zero-order chi connectivity index (χ0) is 11.1. The Hall–Kier alpha value is -1.16. The Balaban J connectivity index is 2.53. The van der Waals surface area contributed by atoms with E-state index in [0.29, 0.717) is 0 Å². The van der Waals surface area contributed by atoms with Gasteiger partial charge in [-0.05, 0) is 30.5 Å². The number of carbonyl (C=O) groups is 1. The van der Waals surface area contributed by atoms with E-state index >= 15 is 0 Å². The molecule has 0 heterocycles. The molecule has 0 bridgehead atoms. The summed E-state index contributed by atoms with van der Waals surface area (Å²) in [5, 5.41) is 8.34. The van der Waals surface area contributed by atoms with Crippen LogP contribution in [0.2, 0.25) is 0 Å². The summed E-state index contributed by atoms with van der Waals surface area (Å²) >= 11 is 0.877. The van der Waals surface area contributed by atoms with E-state index in [1.165, 1.54) is 5.56 Å². The second-order valence-electron chi connectivity index (χ2n) is 3.18. The van der Waals surface area contributed by atoms with Crippen molar-refractivity contribution < 1.29 is 14.1 Å². The smallest absolute Gasteiger partial charge is 0.449 e. The number of rotatable bonds is 5. The summed E-state index contributed by atoms with van der Waals surface area (Å²) in [5.41, 5.74) is 1.22. The third-order valence-electron chi connectivity index (χ3n) is 1.93. The van der Waals surface area contributed by atoms with Crippen molar-refractivity contribution in [3.05, 3.63) is 29.8 Å². The third kappa shape index (κ3) is 4.74. The molecule has 1 aromatic carbocycles. The standard InChI is InChI=1S/C11H14O3S/c1-2-3-5-9-6-4-7-10(8-9)15-14-11(12)13/h4,6-8H,2-3,5H2,1H3,(H,12,13). The molecule has 0 spiro atoms. The van der Waals surface area contributed by atoms with Gasteiger partial charge in [0.05, 0.1) is 12.0 Å². The maximum Gasteiger partial charge on any atom is 0.518 e. The van der Waals surface area contributed by atoms with Crippen LogP contribution in [0.5, 0.6) is 0 Å². The predicted octanol–water partition coefficient (Wildman–Crippen LogP) is 3.73. The molecule has 1 aromatic rings. The fourth-order valence-corrected chi connectivity index (χ4v) is 1.72. The summed E-state index contributed by atoms with van der Waals surface area (Å²) in [6, 6.07) is 7.76. The van der Waals surface area contributed by atoms with E-state index in [1.807, 2.05) is 24.3 Å². The van der Waals surface area contributed by atoms with E-state index in [1.54, 1.807) is 0 Å². The van der Waals surface area contributed by atoms with Gasteiger partial charge in [-0.3, -0.25) is 0 Å². The quantitative estimate of drug-likeness (QED) is 0.777. The largest absolute Gasteiger partial charge is 0.518 e. The highest BCUT2D eigenvalue weighted by Crippen LogP contribution is 2.21. The first-order valence-corrected chi connectivity index (χ1v) is 5.63. The summed E-state index contributed by atoms with van der Waals surface area (Å²) in [7, 11) is 0. The molecule has 0 unspecified atom stereocenters. The number of hydrogen-bond donors (Lipinski definition) is 1. The molecule has 82 valence electrons. The summed E-state index contributed by atoms with van der Waals surface area (Å²) in [4.78, 5) is 11.0. The maximum absolute atomic E-state index is 10.2. The van der Waals surface area contributed by atoms with Gasteiger partial charge in [-0.25, -0.2) is 4.79 Å². The van der Waals surface area contributed by atoms with Crippen molar-refractivity contribution in [1.29, 1.82) is 0 Å². The van der Waals surface area contributed by atoms with E-state index in [0.717, 1.165) is 36.2 Å². The number of hydrogen-bond acceptors (Lipinski definition) is 3. The molecular formula is C11H14O3S. The van der Waals surface area contributed by atoms with Gasteiger partial charge in [0.2, 0.25) is 0 Å². The van der Waals surface area contributed by atoms with E-state index in [-0.39, 0.29) is 0 Å². The van der Waals surface area contributed by atoms with Gasteiger partial charge >= 0.3 is 6.16 Å². The van der Waals surface area contributed by atoms with Gasteiger partial charge in [0.25, 0.3) is 0 Å². The van der Waals surface area contributed by atoms with Crippen LogP contribution in [-0.2, 0) is 10.6 Å². The minimum Gasteiger partial charge on any atom is -0.449 e. The molecule has 4 heteroatoms. The van der Waals surface area contributed by atoms with Gasteiger partial charge in [-0.1, -0.05) is 25.5 Å². The Morgan fingerprint density at radius 1 is 1.53 bits per heavy atom. The molecule has 0 saturated carbocycles. The van der Waals surface area contributed by atoms with Crippen LogP contribution in [0.3, 0.4) is 0 Å². The third-order valence-corrected chi connectivity index (χ3v) is 2.60. The fourth-order valence-electron chi connectivity index (χ4n) is 1.22. The molecule has 0 aliphatic carbocycles. The second kappa shape index (κ2) is 6.35. The van der Waals surface area contributed by atoms with E-state index in [9.17, 15) is 4.79 Å². The van der Waals surface area contributed by atoms with E-state index in [2.05, 4.69) is 11.1 Å². The summed E-state index contributed by atoms with van der Waals surface area (Å²) in [6.07, 6.45) is 2.06.